The fourth-order valence-electron chi connectivity index (χ4n) is 1.39. The summed E-state index contributed by atoms with van der Waals surface area (Å²) in [5.41, 5.74) is 0. The molecule has 100 valence electrons. The minimum Gasteiger partial charge on any atom is -0.355 e. The van der Waals surface area contributed by atoms with Crippen LogP contribution in [0.1, 0.15) is 26.1 Å². The van der Waals surface area contributed by atoms with Gasteiger partial charge in [0.1, 0.15) is 5.82 Å². The van der Waals surface area contributed by atoms with E-state index in [-0.39, 0.29) is 11.2 Å². The largest absolute Gasteiger partial charge is 0.355 e. The molecule has 1 N–H and O–H groups in total. The third kappa shape index (κ3) is 3.87. The average molecular weight is 268 g/mol. The molecule has 1 rings (SSSR count). The van der Waals surface area contributed by atoms with Crippen LogP contribution < -0.4 is 5.32 Å². The summed E-state index contributed by atoms with van der Waals surface area (Å²) < 4.78 is 1.95. The van der Waals surface area contributed by atoms with Crippen LogP contribution in [0.3, 0.4) is 0 Å². The van der Waals surface area contributed by atoms with Gasteiger partial charge in [-0.2, -0.15) is 0 Å². The van der Waals surface area contributed by atoms with Crippen molar-refractivity contribution in [3.05, 3.63) is 18.5 Å². The molecule has 0 aliphatic carbocycles. The molecular formula is C12H20N4OS. The van der Waals surface area contributed by atoms with Crippen LogP contribution >= 0.6 is 11.8 Å². The molecule has 0 fully saturated rings. The molecule has 1 amide bonds. The number of aromatic nitrogens is 3. The number of aryl methyl sites for hydroxylation is 1. The molecule has 0 aliphatic rings. The Morgan fingerprint density at radius 2 is 2.33 bits per heavy atom. The Kier molecular flexibility index (Phi) is 5.91. The van der Waals surface area contributed by atoms with E-state index in [4.69, 9.17) is 0 Å². The molecule has 6 heteroatoms. The van der Waals surface area contributed by atoms with Crippen molar-refractivity contribution in [3.8, 4) is 0 Å². The lowest BCUT2D eigenvalue weighted by molar-refractivity contribution is -0.120. The fourth-order valence-corrected chi connectivity index (χ4v) is 2.32. The van der Waals surface area contributed by atoms with Crippen molar-refractivity contribution >= 4 is 17.7 Å². The van der Waals surface area contributed by atoms with Gasteiger partial charge in [0, 0.05) is 13.1 Å². The highest BCUT2D eigenvalue weighted by atomic mass is 32.2. The van der Waals surface area contributed by atoms with Crippen molar-refractivity contribution in [2.45, 2.75) is 44.1 Å². The molecule has 0 saturated carbocycles. The molecule has 1 aromatic heterocycles. The first-order valence-corrected chi connectivity index (χ1v) is 6.93. The molecule has 0 saturated heterocycles. The molecular weight excluding hydrogens is 248 g/mol. The number of carbonyl (C=O) groups is 1. The average Bonchev–Trinajstić information content (AvgIpc) is 2.69. The molecule has 0 aromatic carbocycles. The van der Waals surface area contributed by atoms with Crippen molar-refractivity contribution in [3.63, 3.8) is 0 Å². The maximum absolute atomic E-state index is 11.8. The van der Waals surface area contributed by atoms with Gasteiger partial charge in [0.05, 0.1) is 5.25 Å². The van der Waals surface area contributed by atoms with E-state index in [0.717, 1.165) is 17.4 Å². The number of hydrogen-bond donors (Lipinski definition) is 1. The number of amides is 1. The van der Waals surface area contributed by atoms with Crippen LogP contribution in [0.2, 0.25) is 0 Å². The van der Waals surface area contributed by atoms with E-state index in [1.165, 1.54) is 11.8 Å². The predicted octanol–water partition coefficient (Wildman–Crippen LogP) is 1.78. The van der Waals surface area contributed by atoms with Crippen LogP contribution in [0, 0.1) is 6.92 Å². The minimum absolute atomic E-state index is 0.0349. The normalized spacial score (nSPS) is 12.2. The maximum Gasteiger partial charge on any atom is 0.233 e. The van der Waals surface area contributed by atoms with Gasteiger partial charge in [0.2, 0.25) is 5.91 Å². The van der Waals surface area contributed by atoms with Gasteiger partial charge in [-0.05, 0) is 20.3 Å². The van der Waals surface area contributed by atoms with Gasteiger partial charge < -0.3 is 9.88 Å². The lowest BCUT2D eigenvalue weighted by Crippen LogP contribution is -2.31. The Hall–Kier alpha value is -1.30. The zero-order valence-electron chi connectivity index (χ0n) is 11.1. The SMILES string of the molecule is C=CCn1c(C)nnc1SC(C)C(=O)NCCC. The van der Waals surface area contributed by atoms with E-state index < -0.39 is 0 Å². The highest BCUT2D eigenvalue weighted by molar-refractivity contribution is 8.00. The summed E-state index contributed by atoms with van der Waals surface area (Å²) in [6.45, 7) is 10.9. The Labute approximate surface area is 112 Å². The molecule has 0 bridgehead atoms. The Balaban J connectivity index is 2.66. The fraction of sp³-hybridized carbons (Fsp3) is 0.583. The van der Waals surface area contributed by atoms with Crippen LogP contribution in [0.5, 0.6) is 0 Å². The summed E-state index contributed by atoms with van der Waals surface area (Å²) in [5.74, 6) is 0.867. The Bertz CT molecular complexity index is 416. The van der Waals surface area contributed by atoms with Gasteiger partial charge in [-0.1, -0.05) is 24.8 Å². The smallest absolute Gasteiger partial charge is 0.233 e. The van der Waals surface area contributed by atoms with E-state index in [9.17, 15) is 4.79 Å². The quantitative estimate of drug-likeness (QED) is 0.605. The number of carbonyl (C=O) groups excluding carboxylic acids is 1. The minimum atomic E-state index is -0.177. The van der Waals surface area contributed by atoms with E-state index >= 15 is 0 Å². The number of allylic oxidation sites excluding steroid dienone is 1. The lowest BCUT2D eigenvalue weighted by Gasteiger charge is -2.11. The zero-order chi connectivity index (χ0) is 13.5. The summed E-state index contributed by atoms with van der Waals surface area (Å²) in [5, 5.41) is 11.6. The first-order chi connectivity index (χ1) is 8.60. The van der Waals surface area contributed by atoms with Gasteiger partial charge >= 0.3 is 0 Å². The van der Waals surface area contributed by atoms with Crippen molar-refractivity contribution < 1.29 is 4.79 Å². The highest BCUT2D eigenvalue weighted by Gasteiger charge is 2.18. The monoisotopic (exact) mass is 268 g/mol. The molecule has 0 aliphatic heterocycles. The molecule has 0 radical (unpaired) electrons. The summed E-state index contributed by atoms with van der Waals surface area (Å²) in [4.78, 5) is 11.8. The van der Waals surface area contributed by atoms with Gasteiger partial charge in [0.15, 0.2) is 5.16 Å². The Morgan fingerprint density at radius 3 is 2.94 bits per heavy atom. The predicted molar refractivity (Wildman–Crippen MR) is 73.6 cm³/mol. The van der Waals surface area contributed by atoms with Crippen molar-refractivity contribution in [1.29, 1.82) is 0 Å². The van der Waals surface area contributed by atoms with Crippen molar-refractivity contribution in [2.24, 2.45) is 0 Å². The van der Waals surface area contributed by atoms with Gasteiger partial charge in [-0.25, -0.2) is 0 Å². The van der Waals surface area contributed by atoms with Crippen LogP contribution in [-0.4, -0.2) is 32.5 Å². The van der Waals surface area contributed by atoms with Crippen molar-refractivity contribution in [1.82, 2.24) is 20.1 Å². The number of nitrogens with one attached hydrogen (secondary N) is 1. The van der Waals surface area contributed by atoms with Crippen LogP contribution in [0.25, 0.3) is 0 Å². The standard InChI is InChI=1S/C12H20N4OS/c1-5-7-13-11(17)9(3)18-12-15-14-10(4)16(12)8-6-2/h6,9H,2,5,7-8H2,1,3-4H3,(H,13,17). The molecule has 18 heavy (non-hydrogen) atoms. The van der Waals surface area contributed by atoms with Crippen LogP contribution in [-0.2, 0) is 11.3 Å². The molecule has 1 aromatic rings. The number of rotatable bonds is 7. The Morgan fingerprint density at radius 1 is 1.61 bits per heavy atom. The summed E-state index contributed by atoms with van der Waals surface area (Å²) >= 11 is 1.42. The van der Waals surface area contributed by atoms with Crippen molar-refractivity contribution in [2.75, 3.05) is 6.54 Å². The topological polar surface area (TPSA) is 59.8 Å². The summed E-state index contributed by atoms with van der Waals surface area (Å²) in [6.07, 6.45) is 2.73. The third-order valence-electron chi connectivity index (χ3n) is 2.41. The van der Waals surface area contributed by atoms with E-state index in [1.807, 2.05) is 25.3 Å². The summed E-state index contributed by atoms with van der Waals surface area (Å²) in [6, 6.07) is 0. The molecule has 1 unspecified atom stereocenters. The van der Waals surface area contributed by atoms with E-state index in [1.54, 1.807) is 6.08 Å². The second-order valence-corrected chi connectivity index (χ2v) is 5.29. The third-order valence-corrected chi connectivity index (χ3v) is 3.49. The van der Waals surface area contributed by atoms with Crippen LogP contribution in [0.4, 0.5) is 0 Å². The number of hydrogen-bond acceptors (Lipinski definition) is 4. The second kappa shape index (κ2) is 7.20. The van der Waals surface area contributed by atoms with Gasteiger partial charge in [0.25, 0.3) is 0 Å². The lowest BCUT2D eigenvalue weighted by atomic mass is 10.4. The van der Waals surface area contributed by atoms with Crippen LogP contribution in [0.15, 0.2) is 17.8 Å². The summed E-state index contributed by atoms with van der Waals surface area (Å²) in [7, 11) is 0. The first kappa shape index (κ1) is 14.8. The number of thioether (sulfide) groups is 1. The van der Waals surface area contributed by atoms with E-state index in [2.05, 4.69) is 22.1 Å². The molecule has 5 nitrogen and oxygen atoms in total. The zero-order valence-corrected chi connectivity index (χ0v) is 12.0. The number of nitrogens with zero attached hydrogens (tertiary/aromatic N) is 3. The molecule has 1 heterocycles. The van der Waals surface area contributed by atoms with Gasteiger partial charge in [-0.15, -0.1) is 16.8 Å². The maximum atomic E-state index is 11.8. The van der Waals surface area contributed by atoms with Gasteiger partial charge in [-0.3, -0.25) is 4.79 Å². The molecule has 1 atom stereocenters. The highest BCUT2D eigenvalue weighted by Crippen LogP contribution is 2.22. The van der Waals surface area contributed by atoms with E-state index in [0.29, 0.717) is 13.1 Å². The second-order valence-electron chi connectivity index (χ2n) is 3.98. The molecule has 0 spiro atoms. The first-order valence-electron chi connectivity index (χ1n) is 6.05.